The van der Waals surface area contributed by atoms with Gasteiger partial charge in [0.05, 0.1) is 31.6 Å². The molecule has 0 aromatic heterocycles. The van der Waals surface area contributed by atoms with Gasteiger partial charge in [-0.25, -0.2) is 9.59 Å². The summed E-state index contributed by atoms with van der Waals surface area (Å²) in [6.45, 7) is 1.22. The maximum Gasteiger partial charge on any atom is 0.409 e. The highest BCUT2D eigenvalue weighted by Gasteiger charge is 2.70. The van der Waals surface area contributed by atoms with Crippen LogP contribution in [0.1, 0.15) is 95.9 Å². The molecule has 12 rings (SSSR count). The number of ether oxygens (including phenoxy) is 2. The van der Waals surface area contributed by atoms with E-state index in [4.69, 9.17) is 29.9 Å². The van der Waals surface area contributed by atoms with E-state index in [2.05, 4.69) is 84.9 Å². The van der Waals surface area contributed by atoms with Crippen LogP contribution >= 0.6 is 0 Å². The number of fused-ring (bicyclic) bond motifs is 13. The molecule has 6 aliphatic carbocycles. The van der Waals surface area contributed by atoms with Gasteiger partial charge in [0.15, 0.2) is 0 Å². The number of rotatable bonds is 5. The number of hydrogen-bond donors (Lipinski definition) is 0. The van der Waals surface area contributed by atoms with Gasteiger partial charge in [-0.3, -0.25) is 0 Å². The van der Waals surface area contributed by atoms with Gasteiger partial charge in [0.1, 0.15) is 11.1 Å². The zero-order valence-corrected chi connectivity index (χ0v) is 34.6. The van der Waals surface area contributed by atoms with Crippen molar-refractivity contribution in [2.75, 3.05) is 27.3 Å². The summed E-state index contributed by atoms with van der Waals surface area (Å²) in [4.78, 5) is 30.7. The monoisotopic (exact) mass is 800 g/mol. The second-order valence-corrected chi connectivity index (χ2v) is 19.0. The maximum atomic E-state index is 13.8. The van der Waals surface area contributed by atoms with Crippen molar-refractivity contribution in [3.8, 4) is 0 Å². The molecule has 2 saturated carbocycles. The summed E-state index contributed by atoms with van der Waals surface area (Å²) in [7, 11) is 2.96. The van der Waals surface area contributed by atoms with Crippen molar-refractivity contribution in [3.05, 3.63) is 129 Å². The van der Waals surface area contributed by atoms with Gasteiger partial charge in [-0.15, -0.1) is 0 Å². The molecule has 0 bridgehead atoms. The van der Waals surface area contributed by atoms with E-state index in [0.717, 1.165) is 68.3 Å². The van der Waals surface area contributed by atoms with Crippen molar-refractivity contribution in [1.82, 2.24) is 9.80 Å². The molecule has 2 saturated heterocycles. The molecule has 8 aliphatic rings. The first-order valence-electron chi connectivity index (χ1n) is 22.3. The van der Waals surface area contributed by atoms with E-state index >= 15 is 0 Å². The quantitative estimate of drug-likeness (QED) is 0.187. The molecular formula is C50H52N6O4. The van der Waals surface area contributed by atoms with E-state index in [9.17, 15) is 9.59 Å². The first-order valence-corrected chi connectivity index (χ1v) is 22.3. The third kappa shape index (κ3) is 4.55. The van der Waals surface area contributed by atoms with E-state index in [1.807, 2.05) is 9.80 Å². The molecule has 4 aromatic carbocycles. The standard InChI is InChI=1S/C50H52N6O4/c1-59-45(57)55-25-23-48(40-18-8-20-42(36(40)30-43(48)55)52-54-50-24-26-56(46(58)60-2)44(50)28-32-12-4-6-16-38(32)50)47-21-9-13-33(47)29-35-39(47)17-7-19-41(35)51-53-49-22-10-14-34(49)27-31-11-3-5-15-37(31)49/h3-8,11-12,15-20,33-34,43-44H,9-10,13-14,21-30H2,1-2H3/t33-,34?,43+,44?,47+,48+,49+,50-/m0/s1. The third-order valence-corrected chi connectivity index (χ3v) is 17.2. The van der Waals surface area contributed by atoms with Crippen molar-refractivity contribution in [3.63, 3.8) is 0 Å². The fourth-order valence-corrected chi connectivity index (χ4v) is 15.0. The van der Waals surface area contributed by atoms with Crippen molar-refractivity contribution in [1.29, 1.82) is 0 Å². The highest BCUT2D eigenvalue weighted by Crippen LogP contribution is 2.70. The van der Waals surface area contributed by atoms with Crippen LogP contribution < -0.4 is 0 Å². The number of benzene rings is 4. The van der Waals surface area contributed by atoms with E-state index in [0.29, 0.717) is 37.8 Å². The highest BCUT2D eigenvalue weighted by molar-refractivity contribution is 5.73. The smallest absolute Gasteiger partial charge is 0.409 e. The lowest BCUT2D eigenvalue weighted by Crippen LogP contribution is -2.55. The summed E-state index contributed by atoms with van der Waals surface area (Å²) < 4.78 is 10.8. The van der Waals surface area contributed by atoms with Crippen LogP contribution in [0.25, 0.3) is 0 Å². The van der Waals surface area contributed by atoms with Gasteiger partial charge >= 0.3 is 12.2 Å². The molecule has 2 unspecified atom stereocenters. The van der Waals surface area contributed by atoms with Gasteiger partial charge in [0, 0.05) is 30.0 Å². The number of amides is 2. The average molecular weight is 801 g/mol. The third-order valence-electron chi connectivity index (χ3n) is 17.2. The van der Waals surface area contributed by atoms with Crippen LogP contribution in [0.2, 0.25) is 0 Å². The molecule has 0 radical (unpaired) electrons. The Balaban J connectivity index is 0.976. The molecule has 2 amide bonds. The van der Waals surface area contributed by atoms with Gasteiger partial charge < -0.3 is 19.3 Å². The molecule has 4 aromatic rings. The average Bonchev–Trinajstić information content (AvgIpc) is 4.14. The van der Waals surface area contributed by atoms with E-state index in [-0.39, 0.29) is 40.6 Å². The fourth-order valence-electron chi connectivity index (χ4n) is 15.0. The molecule has 60 heavy (non-hydrogen) atoms. The molecular weight excluding hydrogens is 749 g/mol. The van der Waals surface area contributed by atoms with E-state index in [1.165, 1.54) is 66.0 Å². The first-order chi connectivity index (χ1) is 29.4. The lowest BCUT2D eigenvalue weighted by molar-refractivity contribution is 0.0923. The second kappa shape index (κ2) is 13.1. The second-order valence-electron chi connectivity index (χ2n) is 19.0. The number of azo groups is 2. The van der Waals surface area contributed by atoms with Gasteiger partial charge in [-0.2, -0.15) is 20.5 Å². The first kappa shape index (κ1) is 36.5. The minimum atomic E-state index is -0.652. The van der Waals surface area contributed by atoms with E-state index < -0.39 is 5.54 Å². The van der Waals surface area contributed by atoms with Crippen LogP contribution in [-0.2, 0) is 57.1 Å². The zero-order chi connectivity index (χ0) is 40.4. The topological polar surface area (TPSA) is 109 Å². The Morgan fingerprint density at radius 3 is 1.85 bits per heavy atom. The molecule has 10 heteroatoms. The zero-order valence-electron chi connectivity index (χ0n) is 34.6. The van der Waals surface area contributed by atoms with Crippen molar-refractivity contribution in [2.24, 2.45) is 32.3 Å². The van der Waals surface area contributed by atoms with Gasteiger partial charge in [-0.05, 0) is 133 Å². The molecule has 0 N–H and O–H groups in total. The number of carbonyl (C=O) groups excluding carboxylic acids is 2. The summed E-state index contributed by atoms with van der Waals surface area (Å²) in [6.07, 6.45) is 11.2. The molecule has 4 fully saturated rings. The van der Waals surface area contributed by atoms with Crippen LogP contribution in [0.15, 0.2) is 105 Å². The predicted octanol–water partition coefficient (Wildman–Crippen LogP) is 10.3. The number of likely N-dealkylation sites (tertiary alicyclic amines) is 2. The van der Waals surface area contributed by atoms with Gasteiger partial charge in [-0.1, -0.05) is 85.6 Å². The minimum absolute atomic E-state index is 0.0827. The Kier molecular flexibility index (Phi) is 7.94. The molecule has 0 spiro atoms. The fraction of sp³-hybridized carbons (Fsp3) is 0.480. The summed E-state index contributed by atoms with van der Waals surface area (Å²) in [5.41, 5.74) is 10.9. The van der Waals surface area contributed by atoms with Gasteiger partial charge in [0.25, 0.3) is 0 Å². The summed E-state index contributed by atoms with van der Waals surface area (Å²) in [5, 5.41) is 21.2. The van der Waals surface area contributed by atoms with E-state index in [1.54, 1.807) is 0 Å². The van der Waals surface area contributed by atoms with Crippen molar-refractivity contribution >= 4 is 23.6 Å². The van der Waals surface area contributed by atoms with Crippen LogP contribution in [0.5, 0.6) is 0 Å². The Hall–Kier alpha value is -5.38. The molecule has 10 nitrogen and oxygen atoms in total. The van der Waals surface area contributed by atoms with Crippen molar-refractivity contribution in [2.45, 2.75) is 111 Å². The SMILES string of the molecule is COC(=O)N1CC[C@]2(N=Nc3cccc4c3C[C@H]3N(C(=O)OC)CC[C@@]43[C@]34CCC[C@H]3Cc3c(N=N[C@]56CCCC5Cc5ccccc56)cccc34)c3ccccc3CC12. The summed E-state index contributed by atoms with van der Waals surface area (Å²) >= 11 is 0. The summed E-state index contributed by atoms with van der Waals surface area (Å²) in [6, 6.07) is 30.5. The molecule has 2 heterocycles. The lowest BCUT2D eigenvalue weighted by Gasteiger charge is -2.50. The highest BCUT2D eigenvalue weighted by atomic mass is 16.5. The maximum absolute atomic E-state index is 13.8. The Morgan fingerprint density at radius 2 is 1.12 bits per heavy atom. The molecule has 306 valence electrons. The van der Waals surface area contributed by atoms with Crippen LogP contribution in [-0.4, -0.2) is 61.4 Å². The number of nitrogens with zero attached hydrogens (tertiary/aromatic N) is 6. The summed E-state index contributed by atoms with van der Waals surface area (Å²) in [5.74, 6) is 0.932. The predicted molar refractivity (Wildman–Crippen MR) is 226 cm³/mol. The van der Waals surface area contributed by atoms with Crippen LogP contribution in [0.3, 0.4) is 0 Å². The van der Waals surface area contributed by atoms with Crippen molar-refractivity contribution < 1.29 is 19.1 Å². The Labute approximate surface area is 351 Å². The molecule has 8 atom stereocenters. The minimum Gasteiger partial charge on any atom is -0.453 e. The Bertz CT molecular complexity index is 2540. The Morgan fingerprint density at radius 1 is 0.550 bits per heavy atom. The van der Waals surface area contributed by atoms with Crippen LogP contribution in [0, 0.1) is 11.8 Å². The largest absolute Gasteiger partial charge is 0.453 e. The lowest BCUT2D eigenvalue weighted by atomic mass is 9.53. The van der Waals surface area contributed by atoms with Gasteiger partial charge in [0.2, 0.25) is 0 Å². The normalized spacial score (nSPS) is 33.8. The number of methoxy groups -OCH3 is 2. The van der Waals surface area contributed by atoms with Crippen LogP contribution in [0.4, 0.5) is 21.0 Å². The number of hydrogen-bond acceptors (Lipinski definition) is 8. The number of carbonyl (C=O) groups is 2. The molecule has 2 aliphatic heterocycles.